The van der Waals surface area contributed by atoms with Gasteiger partial charge in [-0.25, -0.2) is 0 Å². The molecule has 0 aliphatic rings. The van der Waals surface area contributed by atoms with Crippen molar-refractivity contribution in [2.24, 2.45) is 0 Å². The highest BCUT2D eigenvalue weighted by Gasteiger charge is 2.03. The highest BCUT2D eigenvalue weighted by atomic mass is 16.5. The molecule has 0 bridgehead atoms. The summed E-state index contributed by atoms with van der Waals surface area (Å²) in [5.74, 6) is 0. The Labute approximate surface area is 74.0 Å². The molecule has 3 nitrogen and oxygen atoms in total. The van der Waals surface area contributed by atoms with Crippen LogP contribution in [0.25, 0.3) is 21.8 Å². The van der Waals surface area contributed by atoms with Crippen molar-refractivity contribution in [3.05, 3.63) is 36.7 Å². The first-order chi connectivity index (χ1) is 6.45. The first-order valence-electron chi connectivity index (χ1n) is 4.03. The monoisotopic (exact) mass is 170 g/mol. The molecule has 2 aromatic heterocycles. The van der Waals surface area contributed by atoms with Gasteiger partial charge in [-0.05, 0) is 12.1 Å². The molecule has 0 N–H and O–H groups in total. The minimum Gasteiger partial charge on any atom is -0.363 e. The molecule has 0 radical (unpaired) electrons. The molecule has 3 heteroatoms. The summed E-state index contributed by atoms with van der Waals surface area (Å²) in [7, 11) is 0. The van der Waals surface area contributed by atoms with Gasteiger partial charge >= 0.3 is 0 Å². The van der Waals surface area contributed by atoms with Crippen LogP contribution < -0.4 is 0 Å². The Kier molecular flexibility index (Phi) is 1.16. The van der Waals surface area contributed by atoms with Crippen molar-refractivity contribution in [3.8, 4) is 0 Å². The van der Waals surface area contributed by atoms with Crippen molar-refractivity contribution in [1.82, 2.24) is 10.1 Å². The molecule has 3 aromatic rings. The summed E-state index contributed by atoms with van der Waals surface area (Å²) in [6, 6.07) is 7.92. The molecule has 0 atom stereocenters. The summed E-state index contributed by atoms with van der Waals surface area (Å²) in [6.45, 7) is 0. The summed E-state index contributed by atoms with van der Waals surface area (Å²) < 4.78 is 4.88. The van der Waals surface area contributed by atoms with Gasteiger partial charge in [0.1, 0.15) is 11.8 Å². The zero-order chi connectivity index (χ0) is 8.67. The van der Waals surface area contributed by atoms with Crippen molar-refractivity contribution >= 4 is 21.8 Å². The molecule has 0 amide bonds. The first kappa shape index (κ1) is 6.60. The Morgan fingerprint density at radius 1 is 1.00 bits per heavy atom. The lowest BCUT2D eigenvalue weighted by Gasteiger charge is -1.94. The summed E-state index contributed by atoms with van der Waals surface area (Å²) >= 11 is 0. The summed E-state index contributed by atoms with van der Waals surface area (Å²) in [5.41, 5.74) is 1.73. The number of fused-ring (bicyclic) bond motifs is 3. The number of benzene rings is 1. The quantitative estimate of drug-likeness (QED) is 0.520. The topological polar surface area (TPSA) is 38.9 Å². The number of rotatable bonds is 0. The van der Waals surface area contributed by atoms with E-state index < -0.39 is 0 Å². The van der Waals surface area contributed by atoms with E-state index in [2.05, 4.69) is 10.1 Å². The second-order valence-corrected chi connectivity index (χ2v) is 2.89. The van der Waals surface area contributed by atoms with Crippen LogP contribution >= 0.6 is 0 Å². The maximum absolute atomic E-state index is 4.88. The summed E-state index contributed by atoms with van der Waals surface area (Å²) in [6.07, 6.45) is 3.39. The van der Waals surface area contributed by atoms with Crippen molar-refractivity contribution in [3.63, 3.8) is 0 Å². The number of nitrogens with zero attached hydrogens (tertiary/aromatic N) is 2. The average molecular weight is 170 g/mol. The van der Waals surface area contributed by atoms with Gasteiger partial charge in [0, 0.05) is 17.0 Å². The first-order valence-corrected chi connectivity index (χ1v) is 4.03. The second-order valence-electron chi connectivity index (χ2n) is 2.89. The molecule has 0 saturated heterocycles. The molecule has 0 spiro atoms. The third-order valence-corrected chi connectivity index (χ3v) is 2.10. The van der Waals surface area contributed by atoms with E-state index in [1.165, 1.54) is 0 Å². The van der Waals surface area contributed by atoms with Gasteiger partial charge in [0.2, 0.25) is 0 Å². The molecule has 0 aliphatic heterocycles. The molecule has 2 heterocycles. The van der Waals surface area contributed by atoms with E-state index in [0.717, 1.165) is 21.8 Å². The minimum atomic E-state index is 0.832. The Bertz CT molecular complexity index is 571. The van der Waals surface area contributed by atoms with Crippen molar-refractivity contribution in [1.29, 1.82) is 0 Å². The van der Waals surface area contributed by atoms with Crippen LogP contribution in [0.4, 0.5) is 0 Å². The lowest BCUT2D eigenvalue weighted by Crippen LogP contribution is -1.78. The fourth-order valence-electron chi connectivity index (χ4n) is 1.47. The number of aromatic nitrogens is 2. The van der Waals surface area contributed by atoms with E-state index in [1.807, 2.05) is 24.3 Å². The van der Waals surface area contributed by atoms with E-state index in [0.29, 0.717) is 0 Å². The summed E-state index contributed by atoms with van der Waals surface area (Å²) in [5, 5.41) is 5.99. The maximum Gasteiger partial charge on any atom is 0.140 e. The van der Waals surface area contributed by atoms with Gasteiger partial charge in [0.25, 0.3) is 0 Å². The molecule has 0 aliphatic carbocycles. The lowest BCUT2D eigenvalue weighted by atomic mass is 10.1. The van der Waals surface area contributed by atoms with Crippen molar-refractivity contribution in [2.45, 2.75) is 0 Å². The SMILES string of the molecule is c1cnc2c(c1)ccc1conc12. The van der Waals surface area contributed by atoms with Crippen molar-refractivity contribution in [2.75, 3.05) is 0 Å². The van der Waals surface area contributed by atoms with Crippen LogP contribution in [-0.2, 0) is 0 Å². The molecule has 62 valence electrons. The number of pyridine rings is 1. The van der Waals surface area contributed by atoms with Crippen LogP contribution in [0.5, 0.6) is 0 Å². The van der Waals surface area contributed by atoms with Crippen LogP contribution in [0.2, 0.25) is 0 Å². The van der Waals surface area contributed by atoms with Crippen molar-refractivity contribution < 1.29 is 4.52 Å². The molecule has 1 aromatic carbocycles. The van der Waals surface area contributed by atoms with E-state index in [-0.39, 0.29) is 0 Å². The van der Waals surface area contributed by atoms with Crippen LogP contribution in [0.1, 0.15) is 0 Å². The van der Waals surface area contributed by atoms with Gasteiger partial charge < -0.3 is 4.52 Å². The van der Waals surface area contributed by atoms with Gasteiger partial charge in [-0.1, -0.05) is 17.3 Å². The molecular weight excluding hydrogens is 164 g/mol. The smallest absolute Gasteiger partial charge is 0.140 e. The van der Waals surface area contributed by atoms with Gasteiger partial charge in [0.15, 0.2) is 0 Å². The molecule has 13 heavy (non-hydrogen) atoms. The van der Waals surface area contributed by atoms with E-state index >= 15 is 0 Å². The molecular formula is C10H6N2O. The van der Waals surface area contributed by atoms with Crippen LogP contribution in [0.15, 0.2) is 41.2 Å². The van der Waals surface area contributed by atoms with Crippen LogP contribution in [0, 0.1) is 0 Å². The highest BCUT2D eigenvalue weighted by molar-refractivity contribution is 6.01. The predicted octanol–water partition coefficient (Wildman–Crippen LogP) is 2.38. The Morgan fingerprint density at radius 3 is 2.92 bits per heavy atom. The third kappa shape index (κ3) is 0.839. The molecule has 0 fully saturated rings. The van der Waals surface area contributed by atoms with Gasteiger partial charge in [0.05, 0.1) is 5.52 Å². The molecule has 3 rings (SSSR count). The number of hydrogen-bond acceptors (Lipinski definition) is 3. The van der Waals surface area contributed by atoms with E-state index in [4.69, 9.17) is 4.52 Å². The average Bonchev–Trinajstić information content (AvgIpc) is 2.65. The van der Waals surface area contributed by atoms with Crippen LogP contribution in [0.3, 0.4) is 0 Å². The van der Waals surface area contributed by atoms with Crippen LogP contribution in [-0.4, -0.2) is 10.1 Å². The van der Waals surface area contributed by atoms with Gasteiger partial charge in [-0.2, -0.15) is 0 Å². The maximum atomic E-state index is 4.88. The molecule has 0 unspecified atom stereocenters. The fraction of sp³-hybridized carbons (Fsp3) is 0. The zero-order valence-corrected chi connectivity index (χ0v) is 6.77. The largest absolute Gasteiger partial charge is 0.363 e. The van der Waals surface area contributed by atoms with Gasteiger partial charge in [-0.3, -0.25) is 4.98 Å². The number of hydrogen-bond donors (Lipinski definition) is 0. The normalized spacial score (nSPS) is 11.1. The second kappa shape index (κ2) is 2.29. The van der Waals surface area contributed by atoms with Gasteiger partial charge in [-0.15, -0.1) is 0 Å². The Hall–Kier alpha value is -1.90. The lowest BCUT2D eigenvalue weighted by molar-refractivity contribution is 0.428. The van der Waals surface area contributed by atoms with E-state index in [1.54, 1.807) is 12.5 Å². The third-order valence-electron chi connectivity index (χ3n) is 2.10. The minimum absolute atomic E-state index is 0.832. The zero-order valence-electron chi connectivity index (χ0n) is 6.77. The molecule has 0 saturated carbocycles. The Balaban J connectivity index is 2.65. The fourth-order valence-corrected chi connectivity index (χ4v) is 1.47. The standard InChI is InChI=1S/C10H6N2O/c1-2-7-3-4-8-6-13-12-10(8)9(7)11-5-1/h1-6H. The Morgan fingerprint density at radius 2 is 1.92 bits per heavy atom. The van der Waals surface area contributed by atoms with E-state index in [9.17, 15) is 0 Å². The highest BCUT2D eigenvalue weighted by Crippen LogP contribution is 2.21. The predicted molar refractivity (Wildman–Crippen MR) is 49.3 cm³/mol. The summed E-state index contributed by atoms with van der Waals surface area (Å²) in [4.78, 5) is 4.26.